The van der Waals surface area contributed by atoms with Crippen molar-refractivity contribution in [2.24, 2.45) is 5.41 Å². The van der Waals surface area contributed by atoms with Gasteiger partial charge in [0.05, 0.1) is 10.3 Å². The van der Waals surface area contributed by atoms with Crippen molar-refractivity contribution in [1.29, 1.82) is 0 Å². The molecular formula is C22H29FN4O4S. The molecule has 0 unspecified atom stereocenters. The van der Waals surface area contributed by atoms with Crippen molar-refractivity contribution in [2.45, 2.75) is 32.6 Å². The van der Waals surface area contributed by atoms with Crippen LogP contribution in [0.4, 0.5) is 26.2 Å². The summed E-state index contributed by atoms with van der Waals surface area (Å²) in [6.45, 7) is 7.06. The summed E-state index contributed by atoms with van der Waals surface area (Å²) in [5.41, 5.74) is 0.0497. The van der Waals surface area contributed by atoms with E-state index in [1.165, 1.54) is 62.4 Å². The maximum Gasteiger partial charge on any atom is 0.321 e. The van der Waals surface area contributed by atoms with Crippen LogP contribution in [0.1, 0.15) is 27.7 Å². The molecule has 0 atom stereocenters. The predicted molar refractivity (Wildman–Crippen MR) is 124 cm³/mol. The van der Waals surface area contributed by atoms with Gasteiger partial charge >= 0.3 is 6.03 Å². The van der Waals surface area contributed by atoms with Gasteiger partial charge in [0.25, 0.3) is 10.0 Å². The third-order valence-electron chi connectivity index (χ3n) is 4.81. The number of alkyl halides is 1. The fraction of sp³-hybridized carbons (Fsp3) is 0.364. The molecule has 0 saturated carbocycles. The van der Waals surface area contributed by atoms with Gasteiger partial charge < -0.3 is 15.5 Å². The Bertz CT molecular complexity index is 1030. The average molecular weight is 465 g/mol. The van der Waals surface area contributed by atoms with Crippen LogP contribution in [0.15, 0.2) is 53.4 Å². The van der Waals surface area contributed by atoms with E-state index in [4.69, 9.17) is 0 Å². The molecule has 0 spiro atoms. The predicted octanol–water partition coefficient (Wildman–Crippen LogP) is 4.30. The minimum absolute atomic E-state index is 0.0282. The molecule has 2 rings (SSSR count). The second kappa shape index (κ2) is 10.4. The minimum atomic E-state index is -3.86. The van der Waals surface area contributed by atoms with Crippen LogP contribution in [-0.2, 0) is 14.8 Å². The number of carbonyl (C=O) groups is 2. The van der Waals surface area contributed by atoms with Crippen molar-refractivity contribution in [2.75, 3.05) is 35.1 Å². The molecule has 32 heavy (non-hydrogen) atoms. The summed E-state index contributed by atoms with van der Waals surface area (Å²) in [4.78, 5) is 25.8. The van der Waals surface area contributed by atoms with Gasteiger partial charge in [-0.25, -0.2) is 17.6 Å². The molecule has 3 amide bonds. The Balaban J connectivity index is 2.05. The first-order chi connectivity index (χ1) is 15.0. The Labute approximate surface area is 188 Å². The monoisotopic (exact) mass is 464 g/mol. The van der Waals surface area contributed by atoms with Crippen LogP contribution in [0, 0.1) is 5.41 Å². The summed E-state index contributed by atoms with van der Waals surface area (Å²) in [6, 6.07) is 11.6. The molecule has 0 aliphatic rings. The third kappa shape index (κ3) is 6.43. The van der Waals surface area contributed by atoms with Crippen molar-refractivity contribution in [3.63, 3.8) is 0 Å². The molecule has 0 aliphatic heterocycles. The molecular weight excluding hydrogens is 435 g/mol. The van der Waals surface area contributed by atoms with Gasteiger partial charge in [-0.3, -0.25) is 9.52 Å². The Kier molecular flexibility index (Phi) is 8.20. The maximum absolute atomic E-state index is 12.9. The summed E-state index contributed by atoms with van der Waals surface area (Å²) in [7, 11) is -3.86. The van der Waals surface area contributed by atoms with Gasteiger partial charge in [0.1, 0.15) is 6.67 Å². The van der Waals surface area contributed by atoms with Gasteiger partial charge in [-0.15, -0.1) is 0 Å². The van der Waals surface area contributed by atoms with E-state index in [1.807, 2.05) is 13.8 Å². The van der Waals surface area contributed by atoms with Gasteiger partial charge in [0, 0.05) is 30.2 Å². The molecule has 0 heterocycles. The first-order valence-corrected chi connectivity index (χ1v) is 11.7. The van der Waals surface area contributed by atoms with E-state index < -0.39 is 28.0 Å². The van der Waals surface area contributed by atoms with Crippen LogP contribution in [0.3, 0.4) is 0 Å². The van der Waals surface area contributed by atoms with Crippen LogP contribution < -0.4 is 15.4 Å². The zero-order valence-corrected chi connectivity index (χ0v) is 19.4. The zero-order valence-electron chi connectivity index (χ0n) is 18.6. The molecule has 8 nitrogen and oxygen atoms in total. The number of nitrogens with zero attached hydrogens (tertiary/aromatic N) is 1. The molecule has 174 valence electrons. The van der Waals surface area contributed by atoms with E-state index in [-0.39, 0.29) is 10.9 Å². The standard InChI is InChI=1S/C22H29FN4O4S/c1-5-27(6-2)21(29)25-17-11-13-19(14-12-17)32(30,31)26-18-9-7-16(8-10-18)24-20(28)22(3,4)15-23/h7-14,26H,5-6,15H2,1-4H3,(H,24,28)(H,25,29). The Morgan fingerprint density at radius 2 is 1.34 bits per heavy atom. The number of rotatable bonds is 9. The fourth-order valence-electron chi connectivity index (χ4n) is 2.63. The van der Waals surface area contributed by atoms with Crippen LogP contribution >= 0.6 is 0 Å². The lowest BCUT2D eigenvalue weighted by molar-refractivity contribution is -0.124. The van der Waals surface area contributed by atoms with Gasteiger partial charge in [0.2, 0.25) is 5.91 Å². The largest absolute Gasteiger partial charge is 0.326 e. The normalized spacial score (nSPS) is 11.5. The number of sulfonamides is 1. The van der Waals surface area contributed by atoms with Gasteiger partial charge in [0.15, 0.2) is 0 Å². The number of hydrogen-bond acceptors (Lipinski definition) is 4. The number of urea groups is 1. The molecule has 2 aromatic rings. The summed E-state index contributed by atoms with van der Waals surface area (Å²) in [5.74, 6) is -0.471. The van der Waals surface area contributed by atoms with Gasteiger partial charge in [-0.05, 0) is 76.2 Å². The molecule has 3 N–H and O–H groups in total. The van der Waals surface area contributed by atoms with Crippen molar-refractivity contribution in [3.05, 3.63) is 48.5 Å². The molecule has 0 fully saturated rings. The molecule has 2 aromatic carbocycles. The van der Waals surface area contributed by atoms with E-state index in [0.29, 0.717) is 30.2 Å². The van der Waals surface area contributed by atoms with Gasteiger partial charge in [-0.1, -0.05) is 0 Å². The van der Waals surface area contributed by atoms with Crippen molar-refractivity contribution in [3.8, 4) is 0 Å². The minimum Gasteiger partial charge on any atom is -0.326 e. The summed E-state index contributed by atoms with van der Waals surface area (Å²) >= 11 is 0. The lowest BCUT2D eigenvalue weighted by Gasteiger charge is -2.19. The highest BCUT2D eigenvalue weighted by molar-refractivity contribution is 7.92. The number of amides is 3. The zero-order chi connectivity index (χ0) is 23.9. The molecule has 0 radical (unpaired) electrons. The van der Waals surface area contributed by atoms with Crippen molar-refractivity contribution >= 4 is 39.0 Å². The highest BCUT2D eigenvalue weighted by Gasteiger charge is 2.27. The first kappa shape index (κ1) is 25.1. The fourth-order valence-corrected chi connectivity index (χ4v) is 3.69. The quantitative estimate of drug-likeness (QED) is 0.514. The number of hydrogen-bond donors (Lipinski definition) is 3. The Morgan fingerprint density at radius 1 is 0.875 bits per heavy atom. The van der Waals surface area contributed by atoms with Gasteiger partial charge in [-0.2, -0.15) is 0 Å². The SMILES string of the molecule is CCN(CC)C(=O)Nc1ccc(S(=O)(=O)Nc2ccc(NC(=O)C(C)(C)CF)cc2)cc1. The van der Waals surface area contributed by atoms with Crippen molar-refractivity contribution in [1.82, 2.24) is 4.90 Å². The summed E-state index contributed by atoms with van der Waals surface area (Å²) < 4.78 is 40.7. The van der Waals surface area contributed by atoms with Crippen LogP contribution in [0.25, 0.3) is 0 Å². The Morgan fingerprint density at radius 3 is 1.84 bits per heavy atom. The second-order valence-corrected chi connectivity index (χ2v) is 9.46. The first-order valence-electron chi connectivity index (χ1n) is 10.2. The number of carbonyl (C=O) groups excluding carboxylic acids is 2. The third-order valence-corrected chi connectivity index (χ3v) is 6.21. The summed E-state index contributed by atoms with van der Waals surface area (Å²) in [5, 5.41) is 5.32. The highest BCUT2D eigenvalue weighted by atomic mass is 32.2. The molecule has 10 heteroatoms. The van der Waals surface area contributed by atoms with Crippen LogP contribution in [0.2, 0.25) is 0 Å². The van der Waals surface area contributed by atoms with E-state index in [9.17, 15) is 22.4 Å². The Hall–Kier alpha value is -3.14. The van der Waals surface area contributed by atoms with E-state index >= 15 is 0 Å². The van der Waals surface area contributed by atoms with E-state index in [1.54, 1.807) is 4.90 Å². The molecule has 0 bridgehead atoms. The van der Waals surface area contributed by atoms with Crippen LogP contribution in [-0.4, -0.2) is 45.0 Å². The van der Waals surface area contributed by atoms with E-state index in [2.05, 4.69) is 15.4 Å². The lowest BCUT2D eigenvalue weighted by Crippen LogP contribution is -2.34. The number of nitrogens with one attached hydrogen (secondary N) is 3. The van der Waals surface area contributed by atoms with Crippen LogP contribution in [0.5, 0.6) is 0 Å². The smallest absolute Gasteiger partial charge is 0.321 e. The van der Waals surface area contributed by atoms with Crippen molar-refractivity contribution < 1.29 is 22.4 Å². The molecule has 0 saturated heterocycles. The molecule has 0 aliphatic carbocycles. The number of halogens is 1. The van der Waals surface area contributed by atoms with E-state index in [0.717, 1.165) is 0 Å². The average Bonchev–Trinajstić information content (AvgIpc) is 2.76. The second-order valence-electron chi connectivity index (χ2n) is 7.78. The number of benzene rings is 2. The number of anilines is 3. The topological polar surface area (TPSA) is 108 Å². The maximum atomic E-state index is 12.9. The summed E-state index contributed by atoms with van der Waals surface area (Å²) in [6.07, 6.45) is 0. The lowest BCUT2D eigenvalue weighted by atomic mass is 9.94. The highest BCUT2D eigenvalue weighted by Crippen LogP contribution is 2.22. The molecule has 0 aromatic heterocycles.